The van der Waals surface area contributed by atoms with E-state index in [0.717, 1.165) is 27.4 Å². The second-order valence-corrected chi connectivity index (χ2v) is 8.73. The van der Waals surface area contributed by atoms with E-state index >= 15 is 0 Å². The molecule has 0 spiro atoms. The Kier molecular flexibility index (Phi) is 5.60. The van der Waals surface area contributed by atoms with Crippen molar-refractivity contribution in [2.24, 2.45) is 5.73 Å². The maximum Gasteiger partial charge on any atom is 0.227 e. The molecule has 30 heavy (non-hydrogen) atoms. The largest absolute Gasteiger partial charge is 0.399 e. The minimum atomic E-state index is 0.115. The zero-order valence-electron chi connectivity index (χ0n) is 17.0. The van der Waals surface area contributed by atoms with Gasteiger partial charge in [-0.25, -0.2) is 0 Å². The van der Waals surface area contributed by atoms with Crippen LogP contribution in [0.15, 0.2) is 83.1 Å². The van der Waals surface area contributed by atoms with Crippen molar-refractivity contribution in [1.29, 1.82) is 0 Å². The van der Waals surface area contributed by atoms with Crippen LogP contribution >= 0.6 is 11.8 Å². The lowest BCUT2D eigenvalue weighted by Crippen LogP contribution is -2.24. The molecule has 0 aliphatic carbocycles. The van der Waals surface area contributed by atoms with Crippen molar-refractivity contribution in [2.45, 2.75) is 22.1 Å². The highest BCUT2D eigenvalue weighted by Gasteiger charge is 2.32. The number of anilines is 2. The van der Waals surface area contributed by atoms with Gasteiger partial charge in [-0.3, -0.25) is 4.79 Å². The number of amides is 1. The first-order chi connectivity index (χ1) is 14.4. The predicted octanol–water partition coefficient (Wildman–Crippen LogP) is 3.13. The zero-order chi connectivity index (χ0) is 21.3. The van der Waals surface area contributed by atoms with Crippen LogP contribution in [-0.2, 0) is 4.79 Å². The molecule has 6 heteroatoms. The van der Waals surface area contributed by atoms with Gasteiger partial charge in [0, 0.05) is 45.7 Å². The van der Waals surface area contributed by atoms with Crippen LogP contribution in [-0.4, -0.2) is 20.3 Å². The third-order valence-electron chi connectivity index (χ3n) is 5.48. The Morgan fingerprint density at radius 2 is 1.87 bits per heavy atom. The molecule has 1 atom stereocenters. The highest BCUT2D eigenvalue weighted by atomic mass is 32.2. The Hall–Kier alpha value is -3.12. The van der Waals surface area contributed by atoms with Crippen molar-refractivity contribution in [3.8, 4) is 0 Å². The Labute approximate surface area is 182 Å². The summed E-state index contributed by atoms with van der Waals surface area (Å²) in [5.74, 6) is 0.240. The van der Waals surface area contributed by atoms with Gasteiger partial charge in [-0.05, 0) is 41.5 Å². The summed E-state index contributed by atoms with van der Waals surface area (Å²) in [5.41, 5.74) is 17.4. The number of nitrogen functional groups attached to an aromatic ring is 1. The molecule has 0 saturated carbocycles. The summed E-state index contributed by atoms with van der Waals surface area (Å²) in [6, 6.07) is 22.1. The molecule has 0 bridgehead atoms. The van der Waals surface area contributed by atoms with Crippen molar-refractivity contribution < 1.29 is 4.79 Å². The highest BCUT2D eigenvalue weighted by molar-refractivity contribution is 7.99. The van der Waals surface area contributed by atoms with E-state index in [2.05, 4.69) is 32.6 Å². The van der Waals surface area contributed by atoms with Gasteiger partial charge in [-0.2, -0.15) is 0 Å². The first kappa shape index (κ1) is 20.2. The van der Waals surface area contributed by atoms with Crippen LogP contribution in [0.2, 0.25) is 0 Å². The monoisotopic (exact) mass is 413 g/mol. The Balaban J connectivity index is 1.58. The van der Waals surface area contributed by atoms with Gasteiger partial charge in [0.05, 0.1) is 0 Å². The number of carbonyl (C=O) groups excluding carboxylic acids is 1. The molecule has 3 aromatic carbocycles. The van der Waals surface area contributed by atoms with Gasteiger partial charge in [0.2, 0.25) is 5.91 Å². The number of hydrogen-bond donors (Lipinski definition) is 2. The third-order valence-corrected chi connectivity index (χ3v) is 6.73. The number of nitrogens with two attached hydrogens (primary N) is 2. The van der Waals surface area contributed by atoms with Crippen molar-refractivity contribution in [3.05, 3.63) is 84.4 Å². The molecule has 1 aliphatic heterocycles. The highest BCUT2D eigenvalue weighted by Crippen LogP contribution is 2.37. The molecular formula is C24H24BN3OS. The van der Waals surface area contributed by atoms with Gasteiger partial charge in [-0.1, -0.05) is 60.2 Å². The summed E-state index contributed by atoms with van der Waals surface area (Å²) in [7, 11) is 2.10. The number of rotatable bonds is 5. The van der Waals surface area contributed by atoms with Crippen LogP contribution in [0.4, 0.5) is 11.4 Å². The van der Waals surface area contributed by atoms with E-state index in [0.29, 0.717) is 18.7 Å². The molecule has 1 heterocycles. The molecule has 0 aromatic heterocycles. The SMILES string of the molecule is Bc1ccccc1Sc1cc([C@H]2CC(=O)N(c3cccc(C(=C)N)c3)C2)ccc1N. The van der Waals surface area contributed by atoms with Crippen LogP contribution in [0.1, 0.15) is 23.5 Å². The predicted molar refractivity (Wildman–Crippen MR) is 129 cm³/mol. The topological polar surface area (TPSA) is 72.3 Å². The van der Waals surface area contributed by atoms with Crippen molar-refractivity contribution in [1.82, 2.24) is 0 Å². The zero-order valence-corrected chi connectivity index (χ0v) is 17.8. The quantitative estimate of drug-likeness (QED) is 0.498. The summed E-state index contributed by atoms with van der Waals surface area (Å²) >= 11 is 1.67. The first-order valence-electron chi connectivity index (χ1n) is 9.90. The van der Waals surface area contributed by atoms with E-state index in [9.17, 15) is 4.79 Å². The van der Waals surface area contributed by atoms with Crippen molar-refractivity contribution in [3.63, 3.8) is 0 Å². The molecule has 1 saturated heterocycles. The van der Waals surface area contributed by atoms with E-state index in [1.165, 1.54) is 10.4 Å². The molecule has 3 aromatic rings. The standard InChI is InChI=1S/C24H24BN3OS/c1-15(26)16-5-4-6-19(11-16)28-14-18(13-24(28)29)17-9-10-21(27)23(12-17)30-22-8-3-2-7-20(22)25/h2-12,18H,1,13-14,25-27H2/t18-/m0/s1. The summed E-state index contributed by atoms with van der Waals surface area (Å²) in [4.78, 5) is 16.8. The molecule has 1 fully saturated rings. The van der Waals surface area contributed by atoms with E-state index in [-0.39, 0.29) is 11.8 Å². The first-order valence-corrected chi connectivity index (χ1v) is 10.7. The van der Waals surface area contributed by atoms with Gasteiger partial charge in [-0.15, -0.1) is 0 Å². The smallest absolute Gasteiger partial charge is 0.227 e. The van der Waals surface area contributed by atoms with Crippen LogP contribution < -0.4 is 21.8 Å². The van der Waals surface area contributed by atoms with Crippen molar-refractivity contribution >= 4 is 48.0 Å². The van der Waals surface area contributed by atoms with Crippen LogP contribution in [0.3, 0.4) is 0 Å². The molecular weight excluding hydrogens is 389 g/mol. The van der Waals surface area contributed by atoms with Gasteiger partial charge < -0.3 is 16.4 Å². The van der Waals surface area contributed by atoms with Crippen molar-refractivity contribution in [2.75, 3.05) is 17.2 Å². The van der Waals surface area contributed by atoms with Crippen LogP contribution in [0.5, 0.6) is 0 Å². The number of hydrogen-bond acceptors (Lipinski definition) is 4. The van der Waals surface area contributed by atoms with Crippen LogP contribution in [0, 0.1) is 0 Å². The van der Waals surface area contributed by atoms with Gasteiger partial charge in [0.1, 0.15) is 7.85 Å². The molecule has 1 aliphatic rings. The minimum absolute atomic E-state index is 0.115. The van der Waals surface area contributed by atoms with E-state index in [1.54, 1.807) is 11.8 Å². The van der Waals surface area contributed by atoms with Gasteiger partial charge >= 0.3 is 0 Å². The molecule has 150 valence electrons. The summed E-state index contributed by atoms with van der Waals surface area (Å²) < 4.78 is 0. The normalized spacial score (nSPS) is 16.1. The molecule has 4 nitrogen and oxygen atoms in total. The lowest BCUT2D eigenvalue weighted by atomic mass is 9.97. The minimum Gasteiger partial charge on any atom is -0.399 e. The average molecular weight is 413 g/mol. The maximum absolute atomic E-state index is 12.8. The number of benzene rings is 3. The fourth-order valence-corrected chi connectivity index (χ4v) is 4.73. The van der Waals surface area contributed by atoms with Gasteiger partial charge in [0.15, 0.2) is 0 Å². The Morgan fingerprint density at radius 1 is 1.07 bits per heavy atom. The van der Waals surface area contributed by atoms with Gasteiger partial charge in [0.25, 0.3) is 0 Å². The molecule has 4 N–H and O–H groups in total. The number of nitrogens with zero attached hydrogens (tertiary/aromatic N) is 1. The Bertz CT molecular complexity index is 1130. The van der Waals surface area contributed by atoms with E-state index < -0.39 is 0 Å². The summed E-state index contributed by atoms with van der Waals surface area (Å²) in [5, 5.41) is 0. The fraction of sp³-hybridized carbons (Fsp3) is 0.125. The Morgan fingerprint density at radius 3 is 2.63 bits per heavy atom. The summed E-state index contributed by atoms with van der Waals surface area (Å²) in [6.45, 7) is 4.43. The lowest BCUT2D eigenvalue weighted by Gasteiger charge is -2.18. The molecule has 1 amide bonds. The average Bonchev–Trinajstić information content (AvgIpc) is 3.13. The number of carbonyl (C=O) groups is 1. The fourth-order valence-electron chi connectivity index (χ4n) is 3.74. The second kappa shape index (κ2) is 8.32. The van der Waals surface area contributed by atoms with E-state index in [4.69, 9.17) is 11.5 Å². The molecule has 0 radical (unpaired) electrons. The summed E-state index contributed by atoms with van der Waals surface area (Å²) in [6.07, 6.45) is 0.478. The third kappa shape index (κ3) is 4.09. The lowest BCUT2D eigenvalue weighted by molar-refractivity contribution is -0.117. The maximum atomic E-state index is 12.8. The molecule has 4 rings (SSSR count). The second-order valence-electron chi connectivity index (χ2n) is 7.65. The van der Waals surface area contributed by atoms with Crippen LogP contribution in [0.25, 0.3) is 5.70 Å². The molecule has 0 unspecified atom stereocenters. The van der Waals surface area contributed by atoms with E-state index in [1.807, 2.05) is 53.4 Å².